The van der Waals surface area contributed by atoms with Gasteiger partial charge in [0.05, 0.1) is 6.61 Å². The molecule has 0 aromatic rings. The molecule has 1 saturated heterocycles. The second-order valence-corrected chi connectivity index (χ2v) is 6.80. The number of hydrogen-bond donors (Lipinski definition) is 5. The van der Waals surface area contributed by atoms with Crippen LogP contribution >= 0.6 is 15.6 Å². The fourth-order valence-corrected chi connectivity index (χ4v) is 3.10. The lowest BCUT2D eigenvalue weighted by molar-refractivity contribution is -0.170. The Morgan fingerprint density at radius 3 is 2.29 bits per heavy atom. The van der Waals surface area contributed by atoms with E-state index in [2.05, 4.69) is 13.6 Å². The molecule has 21 heavy (non-hydrogen) atoms. The molecule has 1 heterocycles. The molecule has 0 aromatic heterocycles. The summed E-state index contributed by atoms with van der Waals surface area (Å²) in [5, 5.41) is 19.1. The topological polar surface area (TPSA) is 189 Å². The first-order chi connectivity index (χ1) is 9.41. The van der Waals surface area contributed by atoms with Crippen molar-refractivity contribution in [2.45, 2.75) is 31.5 Å². The zero-order valence-electron chi connectivity index (χ0n) is 10.5. The normalized spacial score (nSPS) is 32.7. The van der Waals surface area contributed by atoms with Crippen LogP contribution in [0.25, 0.3) is 0 Å². The SMILES string of the molecule is CC(=O)O[C@@H]1[C@H](O)[C@@H](COP(=O)(O)OP(=O)(O)O)O[C@H]1O. The fourth-order valence-electron chi connectivity index (χ4n) is 1.50. The first-order valence-electron chi connectivity index (χ1n) is 5.34. The summed E-state index contributed by atoms with van der Waals surface area (Å²) in [6.45, 7) is 0.169. The summed E-state index contributed by atoms with van der Waals surface area (Å²) < 4.78 is 38.6. The largest absolute Gasteiger partial charge is 0.481 e. The van der Waals surface area contributed by atoms with Gasteiger partial charge in [-0.3, -0.25) is 9.32 Å². The zero-order chi connectivity index (χ0) is 16.4. The molecule has 12 nitrogen and oxygen atoms in total. The summed E-state index contributed by atoms with van der Waals surface area (Å²) in [5.41, 5.74) is 0. The van der Waals surface area contributed by atoms with E-state index in [9.17, 15) is 24.1 Å². The Bertz CT molecular complexity index is 472. The van der Waals surface area contributed by atoms with Crippen molar-refractivity contribution in [3.63, 3.8) is 0 Å². The molecule has 124 valence electrons. The summed E-state index contributed by atoms with van der Waals surface area (Å²) in [7, 11) is -10.4. The number of aliphatic hydroxyl groups is 2. The Hall–Kier alpha value is -0.390. The molecule has 0 aromatic carbocycles. The van der Waals surface area contributed by atoms with Crippen LogP contribution in [0, 0.1) is 0 Å². The third-order valence-electron chi connectivity index (χ3n) is 2.23. The molecule has 0 amide bonds. The fraction of sp³-hybridized carbons (Fsp3) is 0.857. The predicted molar refractivity (Wildman–Crippen MR) is 61.3 cm³/mol. The van der Waals surface area contributed by atoms with Gasteiger partial charge in [0.2, 0.25) is 0 Å². The van der Waals surface area contributed by atoms with Crippen LogP contribution in [0.3, 0.4) is 0 Å². The van der Waals surface area contributed by atoms with Gasteiger partial charge < -0.3 is 34.4 Å². The average Bonchev–Trinajstić information content (AvgIpc) is 2.50. The maximum Gasteiger partial charge on any atom is 0.481 e. The van der Waals surface area contributed by atoms with E-state index in [1.54, 1.807) is 0 Å². The molecule has 1 aliphatic rings. The van der Waals surface area contributed by atoms with Gasteiger partial charge in [0.15, 0.2) is 12.4 Å². The van der Waals surface area contributed by atoms with Gasteiger partial charge in [0.25, 0.3) is 0 Å². The highest BCUT2D eigenvalue weighted by molar-refractivity contribution is 7.60. The number of ether oxygens (including phenoxy) is 2. The molecule has 1 unspecified atom stereocenters. The molecule has 14 heteroatoms. The van der Waals surface area contributed by atoms with Gasteiger partial charge in [-0.15, -0.1) is 0 Å². The molecule has 1 fully saturated rings. The Balaban J connectivity index is 2.59. The maximum atomic E-state index is 11.2. The van der Waals surface area contributed by atoms with Gasteiger partial charge in [-0.1, -0.05) is 0 Å². The van der Waals surface area contributed by atoms with Gasteiger partial charge in [0, 0.05) is 6.92 Å². The first kappa shape index (κ1) is 18.7. The van der Waals surface area contributed by atoms with E-state index in [-0.39, 0.29) is 0 Å². The van der Waals surface area contributed by atoms with Gasteiger partial charge in [0.1, 0.15) is 12.2 Å². The third-order valence-corrected chi connectivity index (χ3v) is 4.38. The number of hydrogen-bond acceptors (Lipinski definition) is 9. The van der Waals surface area contributed by atoms with Crippen LogP contribution in [0.4, 0.5) is 0 Å². The quantitative estimate of drug-likeness (QED) is 0.267. The molecule has 0 aliphatic carbocycles. The van der Waals surface area contributed by atoms with Crippen molar-refractivity contribution in [1.29, 1.82) is 0 Å². The standard InChI is InChI=1S/C7H14O12P2/c1-3(8)17-6-5(9)4(18-7(6)10)2-16-21(14,15)19-20(11,12)13/h4-7,9-10H,2H2,1H3,(H,14,15)(H2,11,12,13)/t4-,5-,6-,7-/m1/s1. The Morgan fingerprint density at radius 1 is 1.24 bits per heavy atom. The van der Waals surface area contributed by atoms with E-state index in [4.69, 9.17) is 19.4 Å². The van der Waals surface area contributed by atoms with E-state index in [1.807, 2.05) is 0 Å². The summed E-state index contributed by atoms with van der Waals surface area (Å²) in [5.74, 6) is -0.805. The number of carbonyl (C=O) groups excluding carboxylic acids is 1. The monoisotopic (exact) mass is 352 g/mol. The molecule has 0 spiro atoms. The maximum absolute atomic E-state index is 11.2. The Kier molecular flexibility index (Phi) is 6.04. The Labute approximate surface area is 118 Å². The van der Waals surface area contributed by atoms with E-state index < -0.39 is 52.8 Å². The van der Waals surface area contributed by atoms with Crippen molar-refractivity contribution in [1.82, 2.24) is 0 Å². The van der Waals surface area contributed by atoms with Crippen LogP contribution in [-0.2, 0) is 32.2 Å². The minimum Gasteiger partial charge on any atom is -0.454 e. The van der Waals surface area contributed by atoms with Crippen LogP contribution in [-0.4, -0.2) is 62.1 Å². The second-order valence-electron chi connectivity index (χ2n) is 3.97. The molecular weight excluding hydrogens is 338 g/mol. The molecule has 0 radical (unpaired) electrons. The summed E-state index contributed by atoms with van der Waals surface area (Å²) in [4.78, 5) is 36.5. The average molecular weight is 352 g/mol. The van der Waals surface area contributed by atoms with Gasteiger partial charge in [-0.05, 0) is 0 Å². The van der Waals surface area contributed by atoms with Crippen molar-refractivity contribution < 1.29 is 57.1 Å². The van der Waals surface area contributed by atoms with Crippen LogP contribution < -0.4 is 0 Å². The first-order valence-corrected chi connectivity index (χ1v) is 8.37. The zero-order valence-corrected chi connectivity index (χ0v) is 12.3. The number of carbonyl (C=O) groups is 1. The minimum atomic E-state index is -5.27. The summed E-state index contributed by atoms with van der Waals surface area (Å²) in [6.07, 6.45) is -6.10. The molecule has 5 atom stereocenters. The highest BCUT2D eigenvalue weighted by Crippen LogP contribution is 2.57. The van der Waals surface area contributed by atoms with Crippen molar-refractivity contribution in [3.05, 3.63) is 0 Å². The van der Waals surface area contributed by atoms with Gasteiger partial charge in [-0.25, -0.2) is 9.13 Å². The third kappa shape index (κ3) is 6.09. The predicted octanol–water partition coefficient (Wildman–Crippen LogP) is -1.78. The van der Waals surface area contributed by atoms with Gasteiger partial charge in [-0.2, -0.15) is 4.31 Å². The van der Waals surface area contributed by atoms with E-state index in [0.717, 1.165) is 6.92 Å². The molecular formula is C7H14O12P2. The van der Waals surface area contributed by atoms with E-state index in [1.165, 1.54) is 0 Å². The Morgan fingerprint density at radius 2 is 1.81 bits per heavy atom. The summed E-state index contributed by atoms with van der Waals surface area (Å²) in [6, 6.07) is 0. The van der Waals surface area contributed by atoms with Gasteiger partial charge >= 0.3 is 21.6 Å². The van der Waals surface area contributed by atoms with E-state index >= 15 is 0 Å². The van der Waals surface area contributed by atoms with Crippen LogP contribution in [0.5, 0.6) is 0 Å². The smallest absolute Gasteiger partial charge is 0.454 e. The van der Waals surface area contributed by atoms with Crippen molar-refractivity contribution >= 4 is 21.6 Å². The van der Waals surface area contributed by atoms with Crippen molar-refractivity contribution in [2.24, 2.45) is 0 Å². The van der Waals surface area contributed by atoms with Crippen LogP contribution in [0.2, 0.25) is 0 Å². The second kappa shape index (κ2) is 6.80. The summed E-state index contributed by atoms with van der Waals surface area (Å²) >= 11 is 0. The highest BCUT2D eigenvalue weighted by atomic mass is 31.3. The lowest BCUT2D eigenvalue weighted by Gasteiger charge is -2.18. The molecule has 1 rings (SSSR count). The molecule has 5 N–H and O–H groups in total. The lowest BCUT2D eigenvalue weighted by atomic mass is 10.1. The molecule has 1 aliphatic heterocycles. The number of phosphoric ester groups is 1. The number of aliphatic hydroxyl groups excluding tert-OH is 2. The lowest BCUT2D eigenvalue weighted by Crippen LogP contribution is -2.37. The van der Waals surface area contributed by atoms with Crippen molar-refractivity contribution in [3.8, 4) is 0 Å². The highest BCUT2D eigenvalue weighted by Gasteiger charge is 2.46. The number of rotatable bonds is 6. The number of phosphoric acid groups is 2. The van der Waals surface area contributed by atoms with E-state index in [0.29, 0.717) is 0 Å². The molecule has 0 saturated carbocycles. The van der Waals surface area contributed by atoms with Crippen LogP contribution in [0.15, 0.2) is 0 Å². The number of esters is 1. The van der Waals surface area contributed by atoms with Crippen molar-refractivity contribution in [2.75, 3.05) is 6.61 Å². The minimum absolute atomic E-state index is 0.805. The molecule has 0 bridgehead atoms. The van der Waals surface area contributed by atoms with Crippen LogP contribution in [0.1, 0.15) is 6.92 Å².